The molecule has 0 saturated heterocycles. The first-order valence-corrected chi connectivity index (χ1v) is 6.84. The fourth-order valence-electron chi connectivity index (χ4n) is 1.85. The standard InChI is InChI=1S/C12H16N4O3.C2H6/c1-8(19-12(2,5-17)6-18)9-3-4-10-11(13)14-7-15-16(9)10;1-2/h3-5,7-8,18H,6H2,1-2H3,(H2,13,14,15);1-2H3/t8?,12-;/m1./s1. The Labute approximate surface area is 123 Å². The van der Waals surface area contributed by atoms with Crippen molar-refractivity contribution in [2.75, 3.05) is 12.3 Å². The van der Waals surface area contributed by atoms with Crippen molar-refractivity contribution in [1.82, 2.24) is 14.6 Å². The third-order valence-corrected chi connectivity index (χ3v) is 2.94. The molecule has 1 unspecified atom stereocenters. The number of nitrogens with zero attached hydrogens (tertiary/aromatic N) is 3. The third kappa shape index (κ3) is 3.56. The van der Waals surface area contributed by atoms with Crippen molar-refractivity contribution in [1.29, 1.82) is 0 Å². The summed E-state index contributed by atoms with van der Waals surface area (Å²) in [5.74, 6) is 0.369. The van der Waals surface area contributed by atoms with Gasteiger partial charge in [-0.15, -0.1) is 0 Å². The van der Waals surface area contributed by atoms with Crippen LogP contribution in [0.25, 0.3) is 5.52 Å². The summed E-state index contributed by atoms with van der Waals surface area (Å²) < 4.78 is 7.20. The predicted molar refractivity (Wildman–Crippen MR) is 79.8 cm³/mol. The molecule has 2 atom stereocenters. The van der Waals surface area contributed by atoms with Gasteiger partial charge in [0.2, 0.25) is 0 Å². The van der Waals surface area contributed by atoms with Gasteiger partial charge in [0.1, 0.15) is 17.4 Å². The lowest BCUT2D eigenvalue weighted by Crippen LogP contribution is -2.36. The number of nitrogen functional groups attached to an aromatic ring is 1. The molecular weight excluding hydrogens is 272 g/mol. The maximum atomic E-state index is 10.9. The first-order valence-electron chi connectivity index (χ1n) is 6.84. The summed E-state index contributed by atoms with van der Waals surface area (Å²) in [5.41, 5.74) is 5.90. The van der Waals surface area contributed by atoms with Gasteiger partial charge in [0, 0.05) is 0 Å². The van der Waals surface area contributed by atoms with Crippen molar-refractivity contribution in [2.45, 2.75) is 39.4 Å². The summed E-state index contributed by atoms with van der Waals surface area (Å²) in [6.07, 6.45) is 1.51. The Bertz CT molecular complexity index is 599. The molecule has 3 N–H and O–H groups in total. The number of rotatable bonds is 5. The van der Waals surface area contributed by atoms with Gasteiger partial charge in [0.25, 0.3) is 0 Å². The molecule has 2 rings (SSSR count). The molecule has 2 aromatic rings. The molecule has 0 fully saturated rings. The van der Waals surface area contributed by atoms with E-state index in [1.54, 1.807) is 23.6 Å². The number of ether oxygens (including phenoxy) is 1. The SMILES string of the molecule is CC.CC(O[C@](C)(C=O)CO)c1ccc2c(N)ncnn12. The zero-order valence-electron chi connectivity index (χ0n) is 12.8. The number of carbonyl (C=O) groups is 1. The molecule has 0 aliphatic carbocycles. The van der Waals surface area contributed by atoms with Crippen LogP contribution in [0.4, 0.5) is 5.82 Å². The smallest absolute Gasteiger partial charge is 0.153 e. The summed E-state index contributed by atoms with van der Waals surface area (Å²) in [5, 5.41) is 13.3. The highest BCUT2D eigenvalue weighted by molar-refractivity contribution is 5.65. The molecule has 21 heavy (non-hydrogen) atoms. The number of aldehydes is 1. The van der Waals surface area contributed by atoms with Crippen LogP contribution < -0.4 is 5.73 Å². The molecule has 7 heteroatoms. The molecule has 116 valence electrons. The number of aliphatic hydroxyl groups excluding tert-OH is 1. The topological polar surface area (TPSA) is 103 Å². The Morgan fingerprint density at radius 2 is 2.19 bits per heavy atom. The number of nitrogens with two attached hydrogens (primary N) is 1. The summed E-state index contributed by atoms with van der Waals surface area (Å²) >= 11 is 0. The number of hydrogen-bond donors (Lipinski definition) is 2. The fourth-order valence-corrected chi connectivity index (χ4v) is 1.85. The molecule has 0 radical (unpaired) electrons. The number of fused-ring (bicyclic) bond motifs is 1. The van der Waals surface area contributed by atoms with Crippen LogP contribution in [-0.2, 0) is 9.53 Å². The van der Waals surface area contributed by atoms with Crippen LogP contribution in [0.2, 0.25) is 0 Å². The van der Waals surface area contributed by atoms with Crippen molar-refractivity contribution in [3.63, 3.8) is 0 Å². The van der Waals surface area contributed by atoms with Crippen LogP contribution in [-0.4, -0.2) is 38.2 Å². The van der Waals surface area contributed by atoms with Crippen LogP contribution in [0.5, 0.6) is 0 Å². The highest BCUT2D eigenvalue weighted by atomic mass is 16.5. The Morgan fingerprint density at radius 1 is 1.52 bits per heavy atom. The van der Waals surface area contributed by atoms with Gasteiger partial charge in [-0.25, -0.2) is 9.50 Å². The van der Waals surface area contributed by atoms with Gasteiger partial charge in [-0.3, -0.25) is 0 Å². The Morgan fingerprint density at radius 3 is 2.76 bits per heavy atom. The van der Waals surface area contributed by atoms with Gasteiger partial charge in [-0.1, -0.05) is 13.8 Å². The lowest BCUT2D eigenvalue weighted by molar-refractivity contribution is -0.143. The predicted octanol–water partition coefficient (Wildman–Crippen LogP) is 1.37. The Balaban J connectivity index is 0.00000106. The maximum absolute atomic E-state index is 10.9. The van der Waals surface area contributed by atoms with E-state index in [1.807, 2.05) is 13.8 Å². The summed E-state index contributed by atoms with van der Waals surface area (Å²) in [6, 6.07) is 3.58. The molecule has 0 aromatic carbocycles. The van der Waals surface area contributed by atoms with E-state index in [2.05, 4.69) is 10.1 Å². The van der Waals surface area contributed by atoms with Gasteiger partial charge in [-0.2, -0.15) is 5.10 Å². The van der Waals surface area contributed by atoms with E-state index in [4.69, 9.17) is 10.5 Å². The number of aromatic nitrogens is 3. The molecule has 0 aliphatic rings. The molecule has 0 bridgehead atoms. The second-order valence-electron chi connectivity index (χ2n) is 4.55. The van der Waals surface area contributed by atoms with E-state index in [-0.39, 0.29) is 6.61 Å². The largest absolute Gasteiger partial charge is 0.393 e. The second-order valence-corrected chi connectivity index (χ2v) is 4.55. The van der Waals surface area contributed by atoms with Gasteiger partial charge in [0.15, 0.2) is 12.1 Å². The van der Waals surface area contributed by atoms with Crippen LogP contribution in [0.15, 0.2) is 18.5 Å². The highest BCUT2D eigenvalue weighted by Crippen LogP contribution is 2.25. The lowest BCUT2D eigenvalue weighted by Gasteiger charge is -2.25. The van der Waals surface area contributed by atoms with Crippen molar-refractivity contribution in [2.24, 2.45) is 0 Å². The van der Waals surface area contributed by atoms with E-state index in [0.717, 1.165) is 5.69 Å². The lowest BCUT2D eigenvalue weighted by atomic mass is 10.1. The van der Waals surface area contributed by atoms with E-state index in [0.29, 0.717) is 17.6 Å². The van der Waals surface area contributed by atoms with E-state index in [1.165, 1.54) is 13.3 Å². The number of aliphatic hydroxyl groups is 1. The van der Waals surface area contributed by atoms with Crippen LogP contribution >= 0.6 is 0 Å². The monoisotopic (exact) mass is 294 g/mol. The molecule has 0 saturated carbocycles. The van der Waals surface area contributed by atoms with Gasteiger partial charge >= 0.3 is 0 Å². The van der Waals surface area contributed by atoms with Crippen LogP contribution in [0.1, 0.15) is 39.5 Å². The van der Waals surface area contributed by atoms with Crippen LogP contribution in [0.3, 0.4) is 0 Å². The quantitative estimate of drug-likeness (QED) is 0.807. The Hall–Kier alpha value is -1.99. The molecule has 2 aromatic heterocycles. The minimum atomic E-state index is -1.23. The van der Waals surface area contributed by atoms with Gasteiger partial charge in [0.05, 0.1) is 18.4 Å². The molecule has 7 nitrogen and oxygen atoms in total. The number of anilines is 1. The summed E-state index contributed by atoms with van der Waals surface area (Å²) in [6.45, 7) is 6.91. The van der Waals surface area contributed by atoms with Crippen molar-refractivity contribution in [3.05, 3.63) is 24.2 Å². The van der Waals surface area contributed by atoms with Crippen molar-refractivity contribution >= 4 is 17.6 Å². The van der Waals surface area contributed by atoms with Crippen LogP contribution in [0, 0.1) is 0 Å². The average Bonchev–Trinajstić information content (AvgIpc) is 2.94. The zero-order chi connectivity index (χ0) is 16.0. The molecule has 0 aliphatic heterocycles. The minimum absolute atomic E-state index is 0.369. The average molecular weight is 294 g/mol. The third-order valence-electron chi connectivity index (χ3n) is 2.94. The molecule has 0 amide bonds. The normalized spacial score (nSPS) is 14.9. The molecular formula is C14H22N4O3. The first kappa shape index (κ1) is 17.1. The number of carbonyl (C=O) groups excluding carboxylic acids is 1. The molecule has 0 spiro atoms. The van der Waals surface area contributed by atoms with E-state index >= 15 is 0 Å². The highest BCUT2D eigenvalue weighted by Gasteiger charge is 2.28. The van der Waals surface area contributed by atoms with Crippen molar-refractivity contribution < 1.29 is 14.6 Å². The van der Waals surface area contributed by atoms with Crippen molar-refractivity contribution in [3.8, 4) is 0 Å². The van der Waals surface area contributed by atoms with Gasteiger partial charge in [-0.05, 0) is 26.0 Å². The maximum Gasteiger partial charge on any atom is 0.153 e. The summed E-state index contributed by atoms with van der Waals surface area (Å²) in [4.78, 5) is 14.8. The molecule has 2 heterocycles. The van der Waals surface area contributed by atoms with Gasteiger partial charge < -0.3 is 20.4 Å². The fraction of sp³-hybridized carbons (Fsp3) is 0.500. The van der Waals surface area contributed by atoms with E-state index < -0.39 is 11.7 Å². The Kier molecular flexibility index (Phi) is 5.80. The minimum Gasteiger partial charge on any atom is -0.393 e. The number of hydrogen-bond acceptors (Lipinski definition) is 6. The second kappa shape index (κ2) is 7.14. The first-order chi connectivity index (χ1) is 10.0. The van der Waals surface area contributed by atoms with E-state index in [9.17, 15) is 9.90 Å². The zero-order valence-corrected chi connectivity index (χ0v) is 12.8. The summed E-state index contributed by atoms with van der Waals surface area (Å²) in [7, 11) is 0.